The van der Waals surface area contributed by atoms with E-state index in [4.69, 9.17) is 0 Å². The summed E-state index contributed by atoms with van der Waals surface area (Å²) in [5.74, 6) is 1.85. The molecule has 0 unspecified atom stereocenters. The van der Waals surface area contributed by atoms with Crippen LogP contribution in [0.4, 0.5) is 4.39 Å². The summed E-state index contributed by atoms with van der Waals surface area (Å²) >= 11 is 1.88. The Kier molecular flexibility index (Phi) is 12.9. The van der Waals surface area contributed by atoms with Gasteiger partial charge in [0, 0.05) is 20.1 Å². The second kappa shape index (κ2) is 13.2. The summed E-state index contributed by atoms with van der Waals surface area (Å²) in [5, 5.41) is 6.56. The number of thioether (sulfide) groups is 1. The zero-order valence-corrected chi connectivity index (χ0v) is 15.8. The lowest BCUT2D eigenvalue weighted by atomic mass is 10.1. The van der Waals surface area contributed by atoms with Crippen LogP contribution in [-0.2, 0) is 6.42 Å². The van der Waals surface area contributed by atoms with E-state index in [-0.39, 0.29) is 29.8 Å². The minimum atomic E-state index is -0.190. The van der Waals surface area contributed by atoms with E-state index in [1.807, 2.05) is 23.9 Å². The summed E-state index contributed by atoms with van der Waals surface area (Å²) in [6.07, 6.45) is 5.36. The number of hydrogen-bond acceptors (Lipinski definition) is 2. The summed E-state index contributed by atoms with van der Waals surface area (Å²) in [6, 6.07) is 6.62. The molecule has 2 N–H and O–H groups in total. The molecule has 6 heteroatoms. The van der Waals surface area contributed by atoms with Gasteiger partial charge in [-0.2, -0.15) is 11.8 Å². The van der Waals surface area contributed by atoms with Crippen molar-refractivity contribution in [3.8, 4) is 0 Å². The summed E-state index contributed by atoms with van der Waals surface area (Å²) < 4.78 is 12.8. The molecule has 0 heterocycles. The van der Waals surface area contributed by atoms with Gasteiger partial charge in [-0.05, 0) is 49.0 Å². The number of nitrogens with zero attached hydrogens (tertiary/aromatic N) is 1. The van der Waals surface area contributed by atoms with Crippen molar-refractivity contribution >= 4 is 41.7 Å². The van der Waals surface area contributed by atoms with Crippen LogP contribution < -0.4 is 10.6 Å². The Hall–Kier alpha value is -0.500. The highest BCUT2D eigenvalue weighted by atomic mass is 127. The molecule has 0 amide bonds. The smallest absolute Gasteiger partial charge is 0.190 e. The van der Waals surface area contributed by atoms with E-state index >= 15 is 0 Å². The maximum absolute atomic E-state index is 12.8. The SMILES string of the molecule is CN=C(NCCCCSC)NCCc1ccc(F)cc1.I. The van der Waals surface area contributed by atoms with Gasteiger partial charge < -0.3 is 10.6 Å². The van der Waals surface area contributed by atoms with Crippen LogP contribution in [0.15, 0.2) is 29.3 Å². The summed E-state index contributed by atoms with van der Waals surface area (Å²) in [7, 11) is 1.77. The number of rotatable bonds is 8. The lowest BCUT2D eigenvalue weighted by Crippen LogP contribution is -2.38. The molecular weight excluding hydrogens is 400 g/mol. The summed E-state index contributed by atoms with van der Waals surface area (Å²) in [6.45, 7) is 1.73. The molecule has 0 aliphatic rings. The van der Waals surface area contributed by atoms with Gasteiger partial charge in [-0.15, -0.1) is 24.0 Å². The number of halogens is 2. The maximum Gasteiger partial charge on any atom is 0.190 e. The topological polar surface area (TPSA) is 36.4 Å². The van der Waals surface area contributed by atoms with Crippen LogP contribution in [0.2, 0.25) is 0 Å². The fourth-order valence-corrected chi connectivity index (χ4v) is 2.27. The van der Waals surface area contributed by atoms with Crippen LogP contribution in [0.3, 0.4) is 0 Å². The highest BCUT2D eigenvalue weighted by Gasteiger charge is 1.98. The van der Waals surface area contributed by atoms with Crippen molar-refractivity contribution < 1.29 is 4.39 Å². The summed E-state index contributed by atoms with van der Waals surface area (Å²) in [5.41, 5.74) is 1.12. The average Bonchev–Trinajstić information content (AvgIpc) is 2.47. The third kappa shape index (κ3) is 9.95. The molecule has 3 nitrogen and oxygen atoms in total. The van der Waals surface area contributed by atoms with E-state index < -0.39 is 0 Å². The van der Waals surface area contributed by atoms with Gasteiger partial charge in [0.25, 0.3) is 0 Å². The van der Waals surface area contributed by atoms with Crippen LogP contribution in [0.1, 0.15) is 18.4 Å². The average molecular weight is 425 g/mol. The van der Waals surface area contributed by atoms with E-state index in [9.17, 15) is 4.39 Å². The van der Waals surface area contributed by atoms with Crippen molar-refractivity contribution in [2.24, 2.45) is 4.99 Å². The van der Waals surface area contributed by atoms with Crippen LogP contribution in [0.25, 0.3) is 0 Å². The van der Waals surface area contributed by atoms with Gasteiger partial charge in [-0.1, -0.05) is 12.1 Å². The minimum Gasteiger partial charge on any atom is -0.356 e. The Morgan fingerprint density at radius 1 is 1.14 bits per heavy atom. The van der Waals surface area contributed by atoms with Crippen molar-refractivity contribution in [3.05, 3.63) is 35.6 Å². The Balaban J connectivity index is 0.00000400. The van der Waals surface area contributed by atoms with E-state index in [2.05, 4.69) is 21.9 Å². The zero-order valence-electron chi connectivity index (χ0n) is 12.7. The number of aliphatic imine (C=N–C) groups is 1. The molecule has 0 radical (unpaired) electrons. The van der Waals surface area contributed by atoms with Gasteiger partial charge in [0.2, 0.25) is 0 Å². The molecule has 1 aromatic carbocycles. The Morgan fingerprint density at radius 3 is 2.43 bits per heavy atom. The molecule has 21 heavy (non-hydrogen) atoms. The van der Waals surface area contributed by atoms with Gasteiger partial charge in [0.1, 0.15) is 5.82 Å². The number of benzene rings is 1. The van der Waals surface area contributed by atoms with Crippen molar-refractivity contribution in [2.75, 3.05) is 32.1 Å². The first-order valence-corrected chi connectivity index (χ1v) is 8.33. The monoisotopic (exact) mass is 425 g/mol. The first-order valence-electron chi connectivity index (χ1n) is 6.94. The van der Waals surface area contributed by atoms with E-state index in [0.29, 0.717) is 0 Å². The third-order valence-electron chi connectivity index (χ3n) is 2.91. The Bertz CT molecular complexity index is 398. The lowest BCUT2D eigenvalue weighted by molar-refractivity contribution is 0.626. The Morgan fingerprint density at radius 2 is 1.81 bits per heavy atom. The lowest BCUT2D eigenvalue weighted by Gasteiger charge is -2.11. The molecular formula is C15H25FIN3S. The molecule has 0 atom stereocenters. The first-order chi connectivity index (χ1) is 9.76. The molecule has 0 aromatic heterocycles. The largest absolute Gasteiger partial charge is 0.356 e. The van der Waals surface area contributed by atoms with Crippen LogP contribution >= 0.6 is 35.7 Å². The second-order valence-corrected chi connectivity index (χ2v) is 5.49. The van der Waals surface area contributed by atoms with Crippen LogP contribution in [-0.4, -0.2) is 38.1 Å². The molecule has 0 saturated carbocycles. The van der Waals surface area contributed by atoms with E-state index in [1.165, 1.54) is 24.3 Å². The predicted octanol–water partition coefficient (Wildman–Crippen LogP) is 3.29. The van der Waals surface area contributed by atoms with Gasteiger partial charge in [0.05, 0.1) is 0 Å². The Labute approximate surface area is 148 Å². The molecule has 1 rings (SSSR count). The third-order valence-corrected chi connectivity index (χ3v) is 3.61. The van der Waals surface area contributed by atoms with Crippen molar-refractivity contribution in [3.63, 3.8) is 0 Å². The van der Waals surface area contributed by atoms with Crippen molar-refractivity contribution in [1.82, 2.24) is 10.6 Å². The summed E-state index contributed by atoms with van der Waals surface area (Å²) in [4.78, 5) is 4.18. The molecule has 0 aliphatic heterocycles. The molecule has 0 fully saturated rings. The van der Waals surface area contributed by atoms with E-state index in [0.717, 1.165) is 37.5 Å². The second-order valence-electron chi connectivity index (χ2n) is 4.50. The standard InChI is InChI=1S/C15H24FN3S.HI/c1-17-15(18-10-3-4-12-20-2)19-11-9-13-5-7-14(16)8-6-13;/h5-8H,3-4,9-12H2,1-2H3,(H2,17,18,19);1H. The maximum atomic E-state index is 12.8. The minimum absolute atomic E-state index is 0. The first kappa shape index (κ1) is 20.5. The van der Waals surface area contributed by atoms with Crippen LogP contribution in [0, 0.1) is 5.82 Å². The van der Waals surface area contributed by atoms with Gasteiger partial charge in [-0.25, -0.2) is 4.39 Å². The van der Waals surface area contributed by atoms with Gasteiger partial charge in [-0.3, -0.25) is 4.99 Å². The normalized spacial score (nSPS) is 10.9. The van der Waals surface area contributed by atoms with Crippen molar-refractivity contribution in [2.45, 2.75) is 19.3 Å². The van der Waals surface area contributed by atoms with Gasteiger partial charge in [0.15, 0.2) is 5.96 Å². The van der Waals surface area contributed by atoms with Gasteiger partial charge >= 0.3 is 0 Å². The number of guanidine groups is 1. The van der Waals surface area contributed by atoms with E-state index in [1.54, 1.807) is 7.05 Å². The molecule has 0 saturated heterocycles. The number of nitrogens with one attached hydrogen (secondary N) is 2. The molecule has 1 aromatic rings. The molecule has 0 bridgehead atoms. The fourth-order valence-electron chi connectivity index (χ4n) is 1.78. The molecule has 0 spiro atoms. The quantitative estimate of drug-likeness (QED) is 0.291. The number of unbranched alkanes of at least 4 members (excludes halogenated alkanes) is 1. The molecule has 120 valence electrons. The zero-order chi connectivity index (χ0) is 14.6. The number of hydrogen-bond donors (Lipinski definition) is 2. The predicted molar refractivity (Wildman–Crippen MR) is 102 cm³/mol. The fraction of sp³-hybridized carbons (Fsp3) is 0.533. The highest BCUT2D eigenvalue weighted by Crippen LogP contribution is 2.02. The molecule has 0 aliphatic carbocycles. The van der Waals surface area contributed by atoms with Crippen molar-refractivity contribution in [1.29, 1.82) is 0 Å². The highest BCUT2D eigenvalue weighted by molar-refractivity contribution is 14.0. The van der Waals surface area contributed by atoms with Crippen LogP contribution in [0.5, 0.6) is 0 Å².